The molecule has 0 aliphatic rings. The molecule has 0 aliphatic heterocycles. The average Bonchev–Trinajstić information content (AvgIpc) is 2.79. The standard InChI is InChI=1S/C13H12ClFS/c14-7-6-12(13-5-2-8-16-13)10-3-1-4-11(15)9-10/h1-5,8-9,12H,6-7H2. The van der Waals surface area contributed by atoms with E-state index in [1.807, 2.05) is 17.5 Å². The number of thiophene rings is 1. The van der Waals surface area contributed by atoms with E-state index in [0.29, 0.717) is 5.88 Å². The molecular weight excluding hydrogens is 243 g/mol. The van der Waals surface area contributed by atoms with E-state index in [2.05, 4.69) is 6.07 Å². The van der Waals surface area contributed by atoms with E-state index < -0.39 is 0 Å². The first-order valence-corrected chi connectivity index (χ1v) is 6.57. The van der Waals surface area contributed by atoms with Gasteiger partial charge in [0.15, 0.2) is 0 Å². The van der Waals surface area contributed by atoms with E-state index in [9.17, 15) is 4.39 Å². The van der Waals surface area contributed by atoms with Crippen molar-refractivity contribution in [1.82, 2.24) is 0 Å². The van der Waals surface area contributed by atoms with Crippen molar-refractivity contribution >= 4 is 22.9 Å². The van der Waals surface area contributed by atoms with E-state index in [1.54, 1.807) is 23.5 Å². The van der Waals surface area contributed by atoms with Crippen LogP contribution < -0.4 is 0 Å². The van der Waals surface area contributed by atoms with Crippen LogP contribution in [0.4, 0.5) is 4.39 Å². The Balaban J connectivity index is 2.33. The third-order valence-corrected chi connectivity index (χ3v) is 3.74. The molecule has 1 heterocycles. The molecule has 0 aliphatic carbocycles. The minimum Gasteiger partial charge on any atom is -0.207 e. The number of benzene rings is 1. The fourth-order valence-electron chi connectivity index (χ4n) is 1.80. The third kappa shape index (κ3) is 2.63. The first-order chi connectivity index (χ1) is 7.81. The molecule has 0 fully saturated rings. The lowest BCUT2D eigenvalue weighted by molar-refractivity contribution is 0.622. The summed E-state index contributed by atoms with van der Waals surface area (Å²) in [4.78, 5) is 1.24. The van der Waals surface area contributed by atoms with Crippen LogP contribution in [-0.2, 0) is 0 Å². The van der Waals surface area contributed by atoms with Crippen molar-refractivity contribution < 1.29 is 4.39 Å². The van der Waals surface area contributed by atoms with E-state index in [0.717, 1.165) is 12.0 Å². The van der Waals surface area contributed by atoms with Gasteiger partial charge in [0.25, 0.3) is 0 Å². The largest absolute Gasteiger partial charge is 0.207 e. The Hall–Kier alpha value is -0.860. The zero-order valence-corrected chi connectivity index (χ0v) is 10.3. The molecule has 2 rings (SSSR count). The van der Waals surface area contributed by atoms with Gasteiger partial charge in [-0.05, 0) is 35.6 Å². The van der Waals surface area contributed by atoms with Crippen molar-refractivity contribution in [2.75, 3.05) is 5.88 Å². The van der Waals surface area contributed by atoms with Crippen LogP contribution in [0.3, 0.4) is 0 Å². The lowest BCUT2D eigenvalue weighted by Crippen LogP contribution is -2.00. The van der Waals surface area contributed by atoms with Crippen LogP contribution in [-0.4, -0.2) is 5.88 Å². The van der Waals surface area contributed by atoms with Crippen molar-refractivity contribution in [3.63, 3.8) is 0 Å². The predicted octanol–water partition coefficient (Wildman–Crippen LogP) is 4.65. The molecule has 1 unspecified atom stereocenters. The maximum Gasteiger partial charge on any atom is 0.123 e. The van der Waals surface area contributed by atoms with Gasteiger partial charge in [0, 0.05) is 16.7 Å². The van der Waals surface area contributed by atoms with Gasteiger partial charge in [0.2, 0.25) is 0 Å². The van der Waals surface area contributed by atoms with Crippen LogP contribution in [0.2, 0.25) is 0 Å². The van der Waals surface area contributed by atoms with Gasteiger partial charge in [-0.3, -0.25) is 0 Å². The zero-order chi connectivity index (χ0) is 11.4. The van der Waals surface area contributed by atoms with Gasteiger partial charge in [-0.15, -0.1) is 22.9 Å². The van der Waals surface area contributed by atoms with Crippen molar-refractivity contribution in [2.45, 2.75) is 12.3 Å². The van der Waals surface area contributed by atoms with Crippen molar-refractivity contribution in [1.29, 1.82) is 0 Å². The summed E-state index contributed by atoms with van der Waals surface area (Å²) in [5.74, 6) is 0.612. The average molecular weight is 255 g/mol. The van der Waals surface area contributed by atoms with Crippen LogP contribution in [0.25, 0.3) is 0 Å². The SMILES string of the molecule is Fc1cccc(C(CCCl)c2cccs2)c1. The molecule has 0 radical (unpaired) electrons. The van der Waals surface area contributed by atoms with Gasteiger partial charge in [0.1, 0.15) is 5.82 Å². The quantitative estimate of drug-likeness (QED) is 0.697. The highest BCUT2D eigenvalue weighted by molar-refractivity contribution is 7.10. The monoisotopic (exact) mass is 254 g/mol. The van der Waals surface area contributed by atoms with Gasteiger partial charge >= 0.3 is 0 Å². The number of hydrogen-bond acceptors (Lipinski definition) is 1. The molecule has 1 aromatic heterocycles. The molecule has 1 aromatic carbocycles. The minimum absolute atomic E-state index is 0.186. The topological polar surface area (TPSA) is 0 Å². The lowest BCUT2D eigenvalue weighted by Gasteiger charge is -2.14. The summed E-state index contributed by atoms with van der Waals surface area (Å²) in [5.41, 5.74) is 1.00. The number of alkyl halides is 1. The van der Waals surface area contributed by atoms with Crippen molar-refractivity contribution in [3.05, 3.63) is 58.0 Å². The summed E-state index contributed by atoms with van der Waals surface area (Å²) in [6.07, 6.45) is 0.839. The normalized spacial score (nSPS) is 12.6. The smallest absolute Gasteiger partial charge is 0.123 e. The lowest BCUT2D eigenvalue weighted by atomic mass is 9.95. The van der Waals surface area contributed by atoms with Crippen LogP contribution in [0.15, 0.2) is 41.8 Å². The van der Waals surface area contributed by atoms with E-state index in [1.165, 1.54) is 10.9 Å². The van der Waals surface area contributed by atoms with E-state index in [-0.39, 0.29) is 11.7 Å². The number of halogens is 2. The molecule has 0 saturated heterocycles. The highest BCUT2D eigenvalue weighted by Crippen LogP contribution is 2.31. The molecule has 0 amide bonds. The fourth-order valence-corrected chi connectivity index (χ4v) is 2.90. The molecule has 0 bridgehead atoms. The first-order valence-electron chi connectivity index (χ1n) is 5.16. The maximum absolute atomic E-state index is 13.2. The second kappa shape index (κ2) is 5.46. The molecule has 0 N–H and O–H groups in total. The van der Waals surface area contributed by atoms with Crippen LogP contribution in [0.5, 0.6) is 0 Å². The van der Waals surface area contributed by atoms with Crippen molar-refractivity contribution in [3.8, 4) is 0 Å². The highest BCUT2D eigenvalue weighted by atomic mass is 35.5. The number of rotatable bonds is 4. The Morgan fingerprint density at radius 1 is 1.25 bits per heavy atom. The molecule has 1 atom stereocenters. The van der Waals surface area contributed by atoms with E-state index >= 15 is 0 Å². The maximum atomic E-state index is 13.2. The second-order valence-corrected chi connectivity index (χ2v) is 4.96. The van der Waals surface area contributed by atoms with Gasteiger partial charge < -0.3 is 0 Å². The summed E-state index contributed by atoms with van der Waals surface area (Å²) in [6, 6.07) is 10.9. The molecule has 16 heavy (non-hydrogen) atoms. The Bertz CT molecular complexity index is 439. The zero-order valence-electron chi connectivity index (χ0n) is 8.70. The molecule has 0 saturated carbocycles. The molecule has 0 spiro atoms. The minimum atomic E-state index is -0.186. The first kappa shape index (κ1) is 11.6. The van der Waals surface area contributed by atoms with Gasteiger partial charge in [-0.1, -0.05) is 18.2 Å². The molecular formula is C13H12ClFS. The Kier molecular flexibility index (Phi) is 3.97. The van der Waals surface area contributed by atoms with Crippen LogP contribution in [0.1, 0.15) is 22.8 Å². The number of hydrogen-bond donors (Lipinski definition) is 0. The summed E-state index contributed by atoms with van der Waals surface area (Å²) in [6.45, 7) is 0. The predicted molar refractivity (Wildman–Crippen MR) is 67.9 cm³/mol. The third-order valence-electron chi connectivity index (χ3n) is 2.54. The second-order valence-electron chi connectivity index (χ2n) is 3.60. The molecule has 0 nitrogen and oxygen atoms in total. The van der Waals surface area contributed by atoms with E-state index in [4.69, 9.17) is 11.6 Å². The molecule has 84 valence electrons. The van der Waals surface area contributed by atoms with Gasteiger partial charge in [-0.2, -0.15) is 0 Å². The van der Waals surface area contributed by atoms with Gasteiger partial charge in [0.05, 0.1) is 0 Å². The van der Waals surface area contributed by atoms with Crippen molar-refractivity contribution in [2.24, 2.45) is 0 Å². The molecule has 2 aromatic rings. The summed E-state index contributed by atoms with van der Waals surface area (Å²) in [7, 11) is 0. The van der Waals surface area contributed by atoms with Crippen LogP contribution >= 0.6 is 22.9 Å². The van der Waals surface area contributed by atoms with Gasteiger partial charge in [-0.25, -0.2) is 4.39 Å². The Labute approximate surface area is 104 Å². The highest BCUT2D eigenvalue weighted by Gasteiger charge is 2.14. The summed E-state index contributed by atoms with van der Waals surface area (Å²) in [5, 5.41) is 2.04. The van der Waals surface area contributed by atoms with Crippen LogP contribution in [0, 0.1) is 5.82 Å². The summed E-state index contributed by atoms with van der Waals surface area (Å²) >= 11 is 7.50. The fraction of sp³-hybridized carbons (Fsp3) is 0.231. The summed E-state index contributed by atoms with van der Waals surface area (Å²) < 4.78 is 13.2. The molecule has 3 heteroatoms. The Morgan fingerprint density at radius 2 is 2.12 bits per heavy atom. The Morgan fingerprint density at radius 3 is 2.75 bits per heavy atom.